The Morgan fingerprint density at radius 2 is 1.87 bits per heavy atom. The Morgan fingerprint density at radius 3 is 2.55 bits per heavy atom. The van der Waals surface area contributed by atoms with Crippen LogP contribution in [0.25, 0.3) is 10.2 Å². The van der Waals surface area contributed by atoms with Crippen molar-refractivity contribution in [2.75, 3.05) is 26.2 Å². The molecule has 160 valence electrons. The smallest absolute Gasteiger partial charge is 0.267 e. The minimum absolute atomic E-state index is 0.224. The normalized spacial score (nSPS) is 10.8. The molecule has 0 saturated carbocycles. The number of amides is 1. The van der Waals surface area contributed by atoms with Crippen molar-refractivity contribution in [2.45, 2.75) is 6.54 Å². The van der Waals surface area contributed by atoms with Crippen molar-refractivity contribution in [3.05, 3.63) is 54.0 Å². The molecular weight excluding hydrogens is 418 g/mol. The van der Waals surface area contributed by atoms with Gasteiger partial charge in [-0.3, -0.25) is 19.4 Å². The number of nitrogens with zero attached hydrogens (tertiary/aromatic N) is 5. The van der Waals surface area contributed by atoms with Crippen LogP contribution in [0.5, 0.6) is 17.4 Å². The van der Waals surface area contributed by atoms with Gasteiger partial charge in [0.1, 0.15) is 27.3 Å². The van der Waals surface area contributed by atoms with Gasteiger partial charge in [-0.25, -0.2) is 4.98 Å². The van der Waals surface area contributed by atoms with E-state index in [0.717, 1.165) is 10.4 Å². The standard InChI is InChI=1S/C21H21N5O4S/c1-25-12-14(19(24-25)30-4)20(27)26(11-13-7-5-6-10-22-13)21-23-17-15(28-2)8-9-16(29-3)18(17)31-21/h5-10,12H,11H2,1-4H3. The summed E-state index contributed by atoms with van der Waals surface area (Å²) in [5, 5.41) is 4.69. The Bertz CT molecular complexity index is 1180. The van der Waals surface area contributed by atoms with E-state index >= 15 is 0 Å². The number of carbonyl (C=O) groups excluding carboxylic acids is 1. The molecule has 3 heterocycles. The minimum Gasteiger partial charge on any atom is -0.495 e. The molecule has 0 aliphatic carbocycles. The average molecular weight is 439 g/mol. The van der Waals surface area contributed by atoms with Gasteiger partial charge in [0.25, 0.3) is 5.91 Å². The number of fused-ring (bicyclic) bond motifs is 1. The molecule has 4 rings (SSSR count). The molecule has 0 spiro atoms. The fourth-order valence-corrected chi connectivity index (χ4v) is 4.25. The molecule has 31 heavy (non-hydrogen) atoms. The number of aromatic nitrogens is 4. The lowest BCUT2D eigenvalue weighted by Crippen LogP contribution is -2.30. The number of benzene rings is 1. The maximum Gasteiger partial charge on any atom is 0.267 e. The third-order valence-electron chi connectivity index (χ3n) is 4.64. The molecule has 10 heteroatoms. The minimum atomic E-state index is -0.299. The van der Waals surface area contributed by atoms with Gasteiger partial charge in [-0.05, 0) is 24.3 Å². The summed E-state index contributed by atoms with van der Waals surface area (Å²) in [5.41, 5.74) is 1.68. The molecule has 0 radical (unpaired) electrons. The van der Waals surface area contributed by atoms with Gasteiger partial charge < -0.3 is 14.2 Å². The molecule has 1 amide bonds. The number of ether oxygens (including phenoxy) is 3. The maximum atomic E-state index is 13.6. The largest absolute Gasteiger partial charge is 0.495 e. The molecule has 0 bridgehead atoms. The van der Waals surface area contributed by atoms with Crippen LogP contribution < -0.4 is 19.1 Å². The van der Waals surface area contributed by atoms with E-state index in [4.69, 9.17) is 19.2 Å². The maximum absolute atomic E-state index is 13.6. The lowest BCUT2D eigenvalue weighted by molar-refractivity contribution is 0.0982. The first kappa shape index (κ1) is 20.6. The van der Waals surface area contributed by atoms with Crippen LogP contribution in [0.1, 0.15) is 16.1 Å². The number of carbonyl (C=O) groups is 1. The van der Waals surface area contributed by atoms with Crippen LogP contribution in [0.2, 0.25) is 0 Å². The van der Waals surface area contributed by atoms with E-state index in [-0.39, 0.29) is 18.3 Å². The summed E-state index contributed by atoms with van der Waals surface area (Å²) in [5.74, 6) is 1.20. The lowest BCUT2D eigenvalue weighted by Gasteiger charge is -2.19. The number of methoxy groups -OCH3 is 3. The molecule has 0 aliphatic rings. The molecule has 0 fully saturated rings. The lowest BCUT2D eigenvalue weighted by atomic mass is 10.2. The number of anilines is 1. The summed E-state index contributed by atoms with van der Waals surface area (Å²) >= 11 is 1.34. The van der Waals surface area contributed by atoms with Crippen molar-refractivity contribution in [3.63, 3.8) is 0 Å². The van der Waals surface area contributed by atoms with Crippen LogP contribution in [-0.4, -0.2) is 47.0 Å². The first-order chi connectivity index (χ1) is 15.0. The van der Waals surface area contributed by atoms with Crippen molar-refractivity contribution in [2.24, 2.45) is 7.05 Å². The Balaban J connectivity index is 1.85. The van der Waals surface area contributed by atoms with E-state index in [1.807, 2.05) is 24.3 Å². The van der Waals surface area contributed by atoms with E-state index in [2.05, 4.69) is 10.1 Å². The van der Waals surface area contributed by atoms with Crippen LogP contribution in [0, 0.1) is 0 Å². The zero-order valence-corrected chi connectivity index (χ0v) is 18.3. The highest BCUT2D eigenvalue weighted by Gasteiger charge is 2.28. The third kappa shape index (κ3) is 3.89. The number of hydrogen-bond donors (Lipinski definition) is 0. The first-order valence-corrected chi connectivity index (χ1v) is 10.2. The first-order valence-electron chi connectivity index (χ1n) is 9.36. The third-order valence-corrected chi connectivity index (χ3v) is 5.73. The van der Waals surface area contributed by atoms with E-state index < -0.39 is 0 Å². The predicted octanol–water partition coefficient (Wildman–Crippen LogP) is 3.30. The molecule has 0 unspecified atom stereocenters. The zero-order valence-electron chi connectivity index (χ0n) is 17.5. The van der Waals surface area contributed by atoms with Gasteiger partial charge in [-0.15, -0.1) is 5.10 Å². The summed E-state index contributed by atoms with van der Waals surface area (Å²) in [6, 6.07) is 9.17. The fourth-order valence-electron chi connectivity index (χ4n) is 3.18. The van der Waals surface area contributed by atoms with E-state index in [9.17, 15) is 4.79 Å². The topological polar surface area (TPSA) is 91.6 Å². The SMILES string of the molecule is COc1nn(C)cc1C(=O)N(Cc1ccccn1)c1nc2c(OC)ccc(OC)c2s1. The summed E-state index contributed by atoms with van der Waals surface area (Å²) in [6.45, 7) is 0.224. The highest BCUT2D eigenvalue weighted by Crippen LogP contribution is 2.41. The van der Waals surface area contributed by atoms with Crippen LogP contribution in [0.3, 0.4) is 0 Å². The monoisotopic (exact) mass is 439 g/mol. The Morgan fingerprint density at radius 1 is 1.10 bits per heavy atom. The zero-order chi connectivity index (χ0) is 22.0. The Labute approximate surface area is 182 Å². The van der Waals surface area contributed by atoms with Crippen LogP contribution >= 0.6 is 11.3 Å². The highest BCUT2D eigenvalue weighted by atomic mass is 32.1. The molecule has 0 N–H and O–H groups in total. The second-order valence-electron chi connectivity index (χ2n) is 6.58. The number of hydrogen-bond acceptors (Lipinski definition) is 8. The summed E-state index contributed by atoms with van der Waals surface area (Å²) in [7, 11) is 6.39. The fraction of sp³-hybridized carbons (Fsp3) is 0.238. The molecule has 4 aromatic rings. The molecule has 3 aromatic heterocycles. The number of rotatable bonds is 7. The van der Waals surface area contributed by atoms with Gasteiger partial charge in [0, 0.05) is 19.4 Å². The van der Waals surface area contributed by atoms with Crippen LogP contribution in [-0.2, 0) is 13.6 Å². The molecule has 1 aromatic carbocycles. The Hall–Kier alpha value is -3.66. The quantitative estimate of drug-likeness (QED) is 0.436. The van der Waals surface area contributed by atoms with E-state index in [1.54, 1.807) is 44.6 Å². The van der Waals surface area contributed by atoms with Gasteiger partial charge in [0.05, 0.1) is 33.6 Å². The van der Waals surface area contributed by atoms with Crippen molar-refractivity contribution in [1.82, 2.24) is 19.7 Å². The van der Waals surface area contributed by atoms with Gasteiger partial charge in [0.15, 0.2) is 5.13 Å². The van der Waals surface area contributed by atoms with Gasteiger partial charge in [-0.1, -0.05) is 17.4 Å². The van der Waals surface area contributed by atoms with Crippen molar-refractivity contribution < 1.29 is 19.0 Å². The van der Waals surface area contributed by atoms with Crippen molar-refractivity contribution in [1.29, 1.82) is 0 Å². The summed E-state index contributed by atoms with van der Waals surface area (Å²) in [4.78, 5) is 24.2. The molecule has 0 atom stereocenters. The molecular formula is C21H21N5O4S. The highest BCUT2D eigenvalue weighted by molar-refractivity contribution is 7.22. The van der Waals surface area contributed by atoms with Gasteiger partial charge in [0.2, 0.25) is 5.88 Å². The molecule has 0 aliphatic heterocycles. The number of thiazole rings is 1. The van der Waals surface area contributed by atoms with E-state index in [1.165, 1.54) is 23.1 Å². The van der Waals surface area contributed by atoms with E-state index in [0.29, 0.717) is 27.7 Å². The van der Waals surface area contributed by atoms with Crippen molar-refractivity contribution >= 4 is 32.6 Å². The van der Waals surface area contributed by atoms with Crippen LogP contribution in [0.15, 0.2) is 42.7 Å². The average Bonchev–Trinajstić information content (AvgIpc) is 3.40. The van der Waals surface area contributed by atoms with Gasteiger partial charge >= 0.3 is 0 Å². The number of pyridine rings is 1. The predicted molar refractivity (Wildman–Crippen MR) is 117 cm³/mol. The molecule has 0 saturated heterocycles. The summed E-state index contributed by atoms with van der Waals surface area (Å²) < 4.78 is 18.6. The summed E-state index contributed by atoms with van der Waals surface area (Å²) in [6.07, 6.45) is 3.31. The second-order valence-corrected chi connectivity index (χ2v) is 7.56. The van der Waals surface area contributed by atoms with Crippen molar-refractivity contribution in [3.8, 4) is 17.4 Å². The number of aryl methyl sites for hydroxylation is 1. The van der Waals surface area contributed by atoms with Crippen LogP contribution in [0.4, 0.5) is 5.13 Å². The molecule has 9 nitrogen and oxygen atoms in total. The van der Waals surface area contributed by atoms with Gasteiger partial charge in [-0.2, -0.15) is 0 Å². The Kier molecular flexibility index (Phi) is 5.72. The second kappa shape index (κ2) is 8.60.